The molecule has 1 aliphatic heterocycles. The molecule has 140 valence electrons. The Bertz CT molecular complexity index is 796. The van der Waals surface area contributed by atoms with Crippen LogP contribution in [0.25, 0.3) is 10.8 Å². The molecule has 0 spiro atoms. The van der Waals surface area contributed by atoms with Gasteiger partial charge < -0.3 is 14.1 Å². The third-order valence-electron chi connectivity index (χ3n) is 4.21. The molecule has 0 radical (unpaired) electrons. The van der Waals surface area contributed by atoms with Crippen molar-refractivity contribution in [2.24, 2.45) is 5.92 Å². The number of thiazole rings is 1. The van der Waals surface area contributed by atoms with Gasteiger partial charge >= 0.3 is 5.97 Å². The summed E-state index contributed by atoms with van der Waals surface area (Å²) in [6.45, 7) is 4.95. The first kappa shape index (κ1) is 18.8. The third-order valence-corrected chi connectivity index (χ3v) is 6.07. The van der Waals surface area contributed by atoms with E-state index in [4.69, 9.17) is 9.15 Å². The third kappa shape index (κ3) is 4.24. The number of aryl methyl sites for hydroxylation is 2. The molecule has 8 nitrogen and oxygen atoms in total. The van der Waals surface area contributed by atoms with Crippen molar-refractivity contribution in [2.75, 3.05) is 26.0 Å². The first-order valence-corrected chi connectivity index (χ1v) is 10.0. The van der Waals surface area contributed by atoms with E-state index in [0.29, 0.717) is 37.0 Å². The zero-order valence-electron chi connectivity index (χ0n) is 14.9. The van der Waals surface area contributed by atoms with Gasteiger partial charge in [-0.1, -0.05) is 11.8 Å². The van der Waals surface area contributed by atoms with Crippen molar-refractivity contribution in [3.05, 3.63) is 10.7 Å². The fourth-order valence-corrected chi connectivity index (χ4v) is 4.34. The lowest BCUT2D eigenvalue weighted by Gasteiger charge is -2.30. The van der Waals surface area contributed by atoms with Gasteiger partial charge in [-0.15, -0.1) is 21.5 Å². The van der Waals surface area contributed by atoms with E-state index >= 15 is 0 Å². The molecule has 0 aliphatic carbocycles. The number of aromatic nitrogens is 3. The number of methoxy groups -OCH3 is 1. The molecule has 0 N–H and O–H groups in total. The van der Waals surface area contributed by atoms with Gasteiger partial charge in [0.15, 0.2) is 0 Å². The maximum atomic E-state index is 12.3. The molecule has 1 aliphatic rings. The van der Waals surface area contributed by atoms with Gasteiger partial charge in [0, 0.05) is 13.1 Å². The molecule has 0 atom stereocenters. The quantitative estimate of drug-likeness (QED) is 0.561. The summed E-state index contributed by atoms with van der Waals surface area (Å²) in [5.74, 6) is 0.357. The van der Waals surface area contributed by atoms with Crippen molar-refractivity contribution in [2.45, 2.75) is 31.9 Å². The number of hydrogen-bond acceptors (Lipinski definition) is 9. The summed E-state index contributed by atoms with van der Waals surface area (Å²) >= 11 is 2.73. The minimum Gasteiger partial charge on any atom is -0.469 e. The molecule has 3 heterocycles. The molecule has 26 heavy (non-hydrogen) atoms. The van der Waals surface area contributed by atoms with E-state index in [9.17, 15) is 9.59 Å². The highest BCUT2D eigenvalue weighted by molar-refractivity contribution is 7.99. The van der Waals surface area contributed by atoms with E-state index < -0.39 is 0 Å². The summed E-state index contributed by atoms with van der Waals surface area (Å²) in [6, 6.07) is 0. The molecule has 3 rings (SSSR count). The smallest absolute Gasteiger partial charge is 0.308 e. The first-order valence-electron chi connectivity index (χ1n) is 8.24. The van der Waals surface area contributed by atoms with Gasteiger partial charge in [0.05, 0.1) is 29.5 Å². The van der Waals surface area contributed by atoms with Crippen molar-refractivity contribution in [1.82, 2.24) is 20.1 Å². The average Bonchev–Trinajstić information content (AvgIpc) is 3.24. The number of nitrogens with zero attached hydrogens (tertiary/aromatic N) is 4. The Morgan fingerprint density at radius 3 is 2.65 bits per heavy atom. The van der Waals surface area contributed by atoms with Crippen LogP contribution in [-0.4, -0.2) is 57.9 Å². The van der Waals surface area contributed by atoms with Crippen LogP contribution in [0.1, 0.15) is 23.5 Å². The highest BCUT2D eigenvalue weighted by Gasteiger charge is 2.28. The van der Waals surface area contributed by atoms with E-state index in [0.717, 1.165) is 15.6 Å². The van der Waals surface area contributed by atoms with E-state index in [1.165, 1.54) is 30.2 Å². The number of ether oxygens (including phenoxy) is 1. The van der Waals surface area contributed by atoms with Crippen LogP contribution in [0.2, 0.25) is 0 Å². The zero-order chi connectivity index (χ0) is 18.7. The van der Waals surface area contributed by atoms with Crippen molar-refractivity contribution < 1.29 is 18.7 Å². The topological polar surface area (TPSA) is 98.4 Å². The van der Waals surface area contributed by atoms with E-state index in [1.54, 1.807) is 4.90 Å². The number of esters is 1. The lowest BCUT2D eigenvalue weighted by Crippen LogP contribution is -2.41. The summed E-state index contributed by atoms with van der Waals surface area (Å²) in [7, 11) is 1.39. The number of thioether (sulfide) groups is 1. The second kappa shape index (κ2) is 8.17. The molecule has 2 aromatic heterocycles. The van der Waals surface area contributed by atoms with Gasteiger partial charge in [-0.25, -0.2) is 4.98 Å². The van der Waals surface area contributed by atoms with Gasteiger partial charge in [-0.05, 0) is 26.7 Å². The Morgan fingerprint density at radius 1 is 1.31 bits per heavy atom. The molecule has 0 unspecified atom stereocenters. The fourth-order valence-electron chi connectivity index (χ4n) is 2.84. The van der Waals surface area contributed by atoms with E-state index in [2.05, 4.69) is 15.2 Å². The van der Waals surface area contributed by atoms with Crippen LogP contribution >= 0.6 is 23.1 Å². The first-order chi connectivity index (χ1) is 12.5. The van der Waals surface area contributed by atoms with Crippen LogP contribution < -0.4 is 0 Å². The Balaban J connectivity index is 1.51. The lowest BCUT2D eigenvalue weighted by molar-refractivity contribution is -0.148. The Labute approximate surface area is 159 Å². The predicted molar refractivity (Wildman–Crippen MR) is 96.9 cm³/mol. The number of rotatable bonds is 5. The number of hydrogen-bond donors (Lipinski definition) is 0. The maximum absolute atomic E-state index is 12.3. The van der Waals surface area contributed by atoms with Crippen LogP contribution in [0.15, 0.2) is 9.64 Å². The van der Waals surface area contributed by atoms with Crippen LogP contribution in [0.5, 0.6) is 0 Å². The average molecular weight is 396 g/mol. The monoisotopic (exact) mass is 396 g/mol. The fraction of sp³-hybridized carbons (Fsp3) is 0.562. The molecule has 2 aromatic rings. The highest BCUT2D eigenvalue weighted by Crippen LogP contribution is 2.30. The molecule has 0 bridgehead atoms. The van der Waals surface area contributed by atoms with Crippen molar-refractivity contribution >= 4 is 35.0 Å². The predicted octanol–water partition coefficient (Wildman–Crippen LogP) is 2.31. The minimum absolute atomic E-state index is 0.00267. The van der Waals surface area contributed by atoms with Crippen LogP contribution in [0.3, 0.4) is 0 Å². The Hall–Kier alpha value is -1.94. The normalized spacial score (nSPS) is 15.3. The molecule has 1 saturated heterocycles. The molecule has 0 aromatic carbocycles. The standard InChI is InChI=1S/C16H20N4O4S2/c1-9-13(26-10(2)17-9)14-18-19-16(24-14)25-8-12(21)20-6-4-11(5-7-20)15(22)23-3/h11H,4-8H2,1-3H3. The van der Waals surface area contributed by atoms with Crippen LogP contribution in [0.4, 0.5) is 0 Å². The molecule has 1 amide bonds. The second-order valence-electron chi connectivity index (χ2n) is 5.99. The van der Waals surface area contributed by atoms with Crippen LogP contribution in [0, 0.1) is 19.8 Å². The van der Waals surface area contributed by atoms with Gasteiger partial charge in [0.25, 0.3) is 11.1 Å². The Morgan fingerprint density at radius 2 is 2.04 bits per heavy atom. The maximum Gasteiger partial charge on any atom is 0.308 e. The van der Waals surface area contributed by atoms with Crippen LogP contribution in [-0.2, 0) is 14.3 Å². The molecule has 1 fully saturated rings. The molecular formula is C16H20N4O4S2. The molecular weight excluding hydrogens is 376 g/mol. The number of likely N-dealkylation sites (tertiary alicyclic amines) is 1. The summed E-state index contributed by atoms with van der Waals surface area (Å²) in [6.07, 6.45) is 1.27. The summed E-state index contributed by atoms with van der Waals surface area (Å²) in [5, 5.41) is 9.35. The minimum atomic E-state index is -0.196. The Kier molecular flexibility index (Phi) is 5.92. The van der Waals surface area contributed by atoms with Crippen molar-refractivity contribution in [1.29, 1.82) is 0 Å². The lowest BCUT2D eigenvalue weighted by atomic mass is 9.97. The van der Waals surface area contributed by atoms with Gasteiger partial charge in [0.2, 0.25) is 5.91 Å². The second-order valence-corrected chi connectivity index (χ2v) is 8.12. The van der Waals surface area contributed by atoms with Gasteiger partial charge in [0.1, 0.15) is 4.88 Å². The number of piperidine rings is 1. The van der Waals surface area contributed by atoms with Gasteiger partial charge in [-0.2, -0.15) is 0 Å². The van der Waals surface area contributed by atoms with Crippen molar-refractivity contribution in [3.63, 3.8) is 0 Å². The zero-order valence-corrected chi connectivity index (χ0v) is 16.5. The number of amides is 1. The number of carbonyl (C=O) groups is 2. The highest BCUT2D eigenvalue weighted by atomic mass is 32.2. The molecule has 10 heteroatoms. The molecule has 0 saturated carbocycles. The van der Waals surface area contributed by atoms with E-state index in [-0.39, 0.29) is 23.5 Å². The number of carbonyl (C=O) groups excluding carboxylic acids is 2. The van der Waals surface area contributed by atoms with Crippen molar-refractivity contribution in [3.8, 4) is 10.8 Å². The summed E-state index contributed by atoms with van der Waals surface area (Å²) in [5.41, 5.74) is 0.859. The summed E-state index contributed by atoms with van der Waals surface area (Å²) < 4.78 is 10.4. The SMILES string of the molecule is COC(=O)C1CCN(C(=O)CSc2nnc(-c3sc(C)nc3C)o2)CC1. The summed E-state index contributed by atoms with van der Waals surface area (Å²) in [4.78, 5) is 30.9. The van der Waals surface area contributed by atoms with Gasteiger partial charge in [-0.3, -0.25) is 9.59 Å². The van der Waals surface area contributed by atoms with E-state index in [1.807, 2.05) is 13.8 Å². The largest absolute Gasteiger partial charge is 0.469 e.